The van der Waals surface area contributed by atoms with E-state index in [4.69, 9.17) is 20.5 Å². The lowest BCUT2D eigenvalue weighted by Gasteiger charge is -2.44. The predicted molar refractivity (Wildman–Crippen MR) is 152 cm³/mol. The summed E-state index contributed by atoms with van der Waals surface area (Å²) in [5.74, 6) is 0.580. The number of rotatable bonds is 7. The van der Waals surface area contributed by atoms with Crippen molar-refractivity contribution in [1.29, 1.82) is 0 Å². The number of aromatic nitrogens is 4. The summed E-state index contributed by atoms with van der Waals surface area (Å²) in [7, 11) is -2.56. The van der Waals surface area contributed by atoms with Gasteiger partial charge in [0.1, 0.15) is 11.5 Å². The summed E-state index contributed by atoms with van der Waals surface area (Å²) in [5, 5.41) is 13.4. The molecule has 4 unspecified atom stereocenters. The average molecular weight is 560 g/mol. The number of hydrogen-bond donors (Lipinski definition) is 2. The van der Waals surface area contributed by atoms with Gasteiger partial charge in [0.25, 0.3) is 0 Å². The molecule has 0 aromatic carbocycles. The van der Waals surface area contributed by atoms with Crippen LogP contribution >= 0.6 is 23.4 Å². The molecule has 1 aliphatic heterocycles. The lowest BCUT2D eigenvalue weighted by atomic mass is 10.1. The lowest BCUT2D eigenvalue weighted by molar-refractivity contribution is 0.0260. The number of halogens is 1. The topological polar surface area (TPSA) is 94.3 Å². The summed E-state index contributed by atoms with van der Waals surface area (Å²) < 4.78 is 16.1. The van der Waals surface area contributed by atoms with E-state index in [1.54, 1.807) is 25.1 Å². The van der Waals surface area contributed by atoms with Crippen molar-refractivity contribution in [3.8, 4) is 0 Å². The summed E-state index contributed by atoms with van der Waals surface area (Å²) >= 11 is 7.93. The Morgan fingerprint density at radius 3 is 2.06 bits per heavy atom. The molecule has 0 bridgehead atoms. The number of thioether (sulfide) groups is 1. The molecule has 0 radical (unpaired) electrons. The number of anilines is 1. The first-order chi connectivity index (χ1) is 15.9. The summed E-state index contributed by atoms with van der Waals surface area (Å²) in [6.45, 7) is 22.4. The summed E-state index contributed by atoms with van der Waals surface area (Å²) in [6.07, 6.45) is 1.24. The molecule has 198 valence electrons. The van der Waals surface area contributed by atoms with Crippen molar-refractivity contribution in [2.45, 2.75) is 101 Å². The van der Waals surface area contributed by atoms with Crippen LogP contribution in [0.2, 0.25) is 41.5 Å². The van der Waals surface area contributed by atoms with Crippen molar-refractivity contribution < 1.29 is 14.0 Å². The van der Waals surface area contributed by atoms with Gasteiger partial charge in [0, 0.05) is 7.05 Å². The van der Waals surface area contributed by atoms with Gasteiger partial charge in [0.2, 0.25) is 5.28 Å². The van der Waals surface area contributed by atoms with E-state index < -0.39 is 16.6 Å². The minimum Gasteiger partial charge on any atom is -0.410 e. The Hall–Kier alpha value is -0.696. The molecule has 35 heavy (non-hydrogen) atoms. The molecule has 0 amide bonds. The fourth-order valence-corrected chi connectivity index (χ4v) is 8.08. The molecular formula is C23H42ClN5O3SSi2. The number of aliphatic hydroxyl groups is 1. The third-order valence-electron chi connectivity index (χ3n) is 7.84. The first-order valence-electron chi connectivity index (χ1n) is 12.1. The molecule has 0 spiro atoms. The SMILES string of the molecule is CNc1nc(Cl)nc2c1ncn2C1SC(CO)C(O[Si](C)(C)C(C)(C)C)C1O[Si](C)(C)C(C)(C)C. The third kappa shape index (κ3) is 5.61. The number of nitrogens with one attached hydrogen (secondary N) is 1. The van der Waals surface area contributed by atoms with Crippen LogP contribution in [0.4, 0.5) is 5.82 Å². The van der Waals surface area contributed by atoms with Crippen LogP contribution in [0, 0.1) is 0 Å². The Balaban J connectivity index is 2.14. The number of nitrogens with zero attached hydrogens (tertiary/aromatic N) is 4. The van der Waals surface area contributed by atoms with Gasteiger partial charge in [-0.05, 0) is 47.9 Å². The molecule has 2 aromatic heterocycles. The molecule has 1 aliphatic rings. The number of fused-ring (bicyclic) bond motifs is 1. The van der Waals surface area contributed by atoms with Crippen molar-refractivity contribution in [3.63, 3.8) is 0 Å². The van der Waals surface area contributed by atoms with Crippen LogP contribution in [0.1, 0.15) is 46.9 Å². The zero-order chi connectivity index (χ0) is 26.6. The lowest BCUT2D eigenvalue weighted by Crippen LogP contribution is -2.53. The smallest absolute Gasteiger partial charge is 0.226 e. The Morgan fingerprint density at radius 1 is 1.03 bits per heavy atom. The molecule has 2 aromatic rings. The van der Waals surface area contributed by atoms with Crippen molar-refractivity contribution in [1.82, 2.24) is 19.5 Å². The van der Waals surface area contributed by atoms with Gasteiger partial charge in [-0.2, -0.15) is 9.97 Å². The van der Waals surface area contributed by atoms with E-state index in [0.29, 0.717) is 17.0 Å². The quantitative estimate of drug-likeness (QED) is 0.319. The summed E-state index contributed by atoms with van der Waals surface area (Å²) in [6, 6.07) is 0. The zero-order valence-corrected chi connectivity index (χ0v) is 26.5. The molecule has 3 heterocycles. The van der Waals surface area contributed by atoms with E-state index in [9.17, 15) is 5.11 Å². The van der Waals surface area contributed by atoms with Crippen molar-refractivity contribution in [3.05, 3.63) is 11.6 Å². The summed E-state index contributed by atoms with van der Waals surface area (Å²) in [4.78, 5) is 13.4. The van der Waals surface area contributed by atoms with Gasteiger partial charge in [0.05, 0.1) is 24.3 Å². The maximum atomic E-state index is 10.5. The zero-order valence-electron chi connectivity index (χ0n) is 22.9. The molecule has 2 N–H and O–H groups in total. The molecule has 4 atom stereocenters. The Morgan fingerprint density at radius 2 is 1.57 bits per heavy atom. The molecule has 0 saturated carbocycles. The first kappa shape index (κ1) is 28.9. The standard InChI is InChI=1S/C23H42ClN5O3SSi2/c1-22(2,3)34(8,9)31-16-14(12-30)33-20(17(16)32-35(10,11)23(4,5)6)29-13-26-15-18(25-7)27-21(24)28-19(15)29/h13-14,16-17,20,30H,12H2,1-11H3,(H,25,27,28). The number of aliphatic hydroxyl groups excluding tert-OH is 1. The molecular weight excluding hydrogens is 518 g/mol. The maximum absolute atomic E-state index is 10.5. The van der Waals surface area contributed by atoms with E-state index in [0.717, 1.165) is 0 Å². The normalized spacial score (nSPS) is 24.4. The highest BCUT2D eigenvalue weighted by Crippen LogP contribution is 2.51. The van der Waals surface area contributed by atoms with Gasteiger partial charge >= 0.3 is 0 Å². The van der Waals surface area contributed by atoms with Crippen molar-refractivity contribution >= 4 is 57.0 Å². The third-order valence-corrected chi connectivity index (χ3v) is 18.5. The van der Waals surface area contributed by atoms with E-state index in [-0.39, 0.29) is 44.8 Å². The monoisotopic (exact) mass is 559 g/mol. The van der Waals surface area contributed by atoms with Crippen LogP contribution in [0.15, 0.2) is 6.33 Å². The predicted octanol–water partition coefficient (Wildman–Crippen LogP) is 5.91. The fourth-order valence-electron chi connectivity index (χ4n) is 3.63. The van der Waals surface area contributed by atoms with Crippen LogP contribution < -0.4 is 5.32 Å². The van der Waals surface area contributed by atoms with Gasteiger partial charge in [-0.15, -0.1) is 11.8 Å². The second-order valence-corrected chi connectivity index (χ2v) is 23.6. The Bertz CT molecular complexity index is 1050. The van der Waals surface area contributed by atoms with Crippen molar-refractivity contribution in [2.24, 2.45) is 0 Å². The van der Waals surface area contributed by atoms with Crippen LogP contribution in [0.3, 0.4) is 0 Å². The fraction of sp³-hybridized carbons (Fsp3) is 0.783. The highest BCUT2D eigenvalue weighted by molar-refractivity contribution is 8.00. The second kappa shape index (κ2) is 9.88. The first-order valence-corrected chi connectivity index (χ1v) is 19.3. The highest BCUT2D eigenvalue weighted by atomic mass is 35.5. The average Bonchev–Trinajstić information content (AvgIpc) is 3.26. The van der Waals surface area contributed by atoms with Gasteiger partial charge < -0.3 is 19.3 Å². The maximum Gasteiger partial charge on any atom is 0.226 e. The molecule has 1 saturated heterocycles. The van der Waals surface area contributed by atoms with Crippen LogP contribution in [-0.2, 0) is 8.85 Å². The van der Waals surface area contributed by atoms with Gasteiger partial charge in [-0.25, -0.2) is 4.98 Å². The Labute approximate surface area is 221 Å². The molecule has 0 aliphatic carbocycles. The number of imidazole rings is 1. The minimum absolute atomic E-state index is 0.00194. The van der Waals surface area contributed by atoms with Gasteiger partial charge in [0.15, 0.2) is 33.6 Å². The van der Waals surface area contributed by atoms with E-state index in [2.05, 4.69) is 88.0 Å². The van der Waals surface area contributed by atoms with Gasteiger partial charge in [-0.3, -0.25) is 4.57 Å². The van der Waals surface area contributed by atoms with E-state index >= 15 is 0 Å². The molecule has 3 rings (SSSR count). The largest absolute Gasteiger partial charge is 0.410 e. The summed E-state index contributed by atoms with van der Waals surface area (Å²) in [5.41, 5.74) is 1.29. The van der Waals surface area contributed by atoms with Crippen LogP contribution in [0.25, 0.3) is 11.2 Å². The number of hydrogen-bond acceptors (Lipinski definition) is 8. The van der Waals surface area contributed by atoms with E-state index in [1.807, 2.05) is 4.57 Å². The van der Waals surface area contributed by atoms with Crippen LogP contribution in [0.5, 0.6) is 0 Å². The van der Waals surface area contributed by atoms with Crippen molar-refractivity contribution in [2.75, 3.05) is 19.0 Å². The minimum atomic E-state index is -2.19. The van der Waals surface area contributed by atoms with Gasteiger partial charge in [-0.1, -0.05) is 41.5 Å². The molecule has 12 heteroatoms. The highest BCUT2D eigenvalue weighted by Gasteiger charge is 2.54. The molecule has 8 nitrogen and oxygen atoms in total. The Kier molecular flexibility index (Phi) is 8.15. The van der Waals surface area contributed by atoms with Crippen LogP contribution in [-0.4, -0.2) is 72.4 Å². The second-order valence-electron chi connectivity index (χ2n) is 12.3. The van der Waals surface area contributed by atoms with E-state index in [1.165, 1.54) is 0 Å². The molecule has 1 fully saturated rings.